The summed E-state index contributed by atoms with van der Waals surface area (Å²) in [6.07, 6.45) is 1.16. The van der Waals surface area contributed by atoms with Gasteiger partial charge in [0.25, 0.3) is 0 Å². The van der Waals surface area contributed by atoms with E-state index in [-0.39, 0.29) is 17.9 Å². The molecule has 6 nitrogen and oxygen atoms in total. The molecule has 2 atom stereocenters. The predicted octanol–water partition coefficient (Wildman–Crippen LogP) is 5.80. The molecule has 3 aromatic carbocycles. The van der Waals surface area contributed by atoms with Gasteiger partial charge in [0.2, 0.25) is 11.8 Å². The van der Waals surface area contributed by atoms with Gasteiger partial charge in [0.1, 0.15) is 0 Å². The van der Waals surface area contributed by atoms with Gasteiger partial charge in [-0.15, -0.1) is 0 Å². The Balaban J connectivity index is 1.45. The molecule has 0 radical (unpaired) electrons. The van der Waals surface area contributed by atoms with Gasteiger partial charge in [0.05, 0.1) is 22.9 Å². The molecule has 2 amide bonds. The van der Waals surface area contributed by atoms with E-state index >= 15 is 0 Å². The van der Waals surface area contributed by atoms with Crippen molar-refractivity contribution in [2.75, 3.05) is 22.9 Å². The van der Waals surface area contributed by atoms with Crippen LogP contribution in [-0.4, -0.2) is 24.4 Å². The molecular weight excluding hydrogens is 493 g/mol. The number of hydrogen-bond donors (Lipinski definition) is 4. The number of hydrogen-bond acceptors (Lipinski definition) is 4. The Morgan fingerprint density at radius 2 is 1.71 bits per heavy atom. The van der Waals surface area contributed by atoms with Crippen molar-refractivity contribution < 1.29 is 22.8 Å². The highest BCUT2D eigenvalue weighted by Crippen LogP contribution is 2.31. The smallest absolute Gasteiger partial charge is 0.397 e. The number of nitrogens with two attached hydrogens (primary N) is 1. The highest BCUT2D eigenvalue weighted by molar-refractivity contribution is 6.03. The number of amides is 2. The number of halogens is 3. The van der Waals surface area contributed by atoms with Crippen LogP contribution >= 0.6 is 0 Å². The van der Waals surface area contributed by atoms with E-state index in [1.807, 2.05) is 24.3 Å². The second-order valence-corrected chi connectivity index (χ2v) is 9.22. The molecule has 1 aliphatic rings. The molecule has 1 fully saturated rings. The lowest BCUT2D eigenvalue weighted by molar-refractivity contribution is -0.137. The lowest BCUT2D eigenvalue weighted by atomic mass is 9.90. The Labute approximate surface area is 219 Å². The summed E-state index contributed by atoms with van der Waals surface area (Å²) in [5.41, 5.74) is 7.93. The summed E-state index contributed by atoms with van der Waals surface area (Å²) in [6, 6.07) is 18.9. The lowest BCUT2D eigenvalue weighted by Crippen LogP contribution is -2.29. The van der Waals surface area contributed by atoms with E-state index in [0.717, 1.165) is 42.6 Å². The van der Waals surface area contributed by atoms with Crippen LogP contribution in [0.2, 0.25) is 0 Å². The molecule has 1 aliphatic heterocycles. The number of rotatable bonds is 8. The van der Waals surface area contributed by atoms with E-state index < -0.39 is 17.7 Å². The average molecular weight is 523 g/mol. The Morgan fingerprint density at radius 1 is 1.00 bits per heavy atom. The fourth-order valence-electron chi connectivity index (χ4n) is 4.41. The molecule has 5 N–H and O–H groups in total. The summed E-state index contributed by atoms with van der Waals surface area (Å²) in [7, 11) is 0. The topological polar surface area (TPSA) is 96.2 Å². The van der Waals surface area contributed by atoms with E-state index in [1.165, 1.54) is 18.2 Å². The zero-order valence-electron chi connectivity index (χ0n) is 20.6. The minimum absolute atomic E-state index is 0.173. The third kappa shape index (κ3) is 7.23. The number of anilines is 3. The van der Waals surface area contributed by atoms with Crippen LogP contribution < -0.4 is 21.7 Å². The van der Waals surface area contributed by atoms with Gasteiger partial charge in [-0.05, 0) is 79.4 Å². The van der Waals surface area contributed by atoms with Crippen LogP contribution in [0.15, 0.2) is 78.9 Å². The molecule has 4 rings (SSSR count). The average Bonchev–Trinajstić information content (AvgIpc) is 3.41. The van der Waals surface area contributed by atoms with Crippen molar-refractivity contribution >= 4 is 35.0 Å². The second kappa shape index (κ2) is 12.0. The maximum Gasteiger partial charge on any atom is 0.416 e. The summed E-state index contributed by atoms with van der Waals surface area (Å²) >= 11 is 0. The van der Waals surface area contributed by atoms with Crippen molar-refractivity contribution in [2.45, 2.75) is 37.4 Å². The lowest BCUT2D eigenvalue weighted by Gasteiger charge is -2.21. The number of nitrogens with one attached hydrogen (secondary N) is 3. The van der Waals surface area contributed by atoms with Gasteiger partial charge in [-0.1, -0.05) is 36.4 Å². The van der Waals surface area contributed by atoms with Gasteiger partial charge in [-0.3, -0.25) is 9.59 Å². The fraction of sp³-hybridized carbons (Fsp3) is 0.241. The molecule has 3 aromatic rings. The highest BCUT2D eigenvalue weighted by atomic mass is 19.4. The van der Waals surface area contributed by atoms with Crippen molar-refractivity contribution in [2.24, 2.45) is 0 Å². The van der Waals surface area contributed by atoms with Crippen molar-refractivity contribution in [3.63, 3.8) is 0 Å². The summed E-state index contributed by atoms with van der Waals surface area (Å²) in [5, 5.41) is 8.89. The molecule has 0 aliphatic carbocycles. The van der Waals surface area contributed by atoms with Crippen molar-refractivity contribution in [3.05, 3.63) is 95.6 Å². The Kier molecular flexibility index (Phi) is 8.48. The molecule has 198 valence electrons. The van der Waals surface area contributed by atoms with Gasteiger partial charge in [-0.25, -0.2) is 0 Å². The molecule has 9 heteroatoms. The zero-order valence-corrected chi connectivity index (χ0v) is 20.6. The first-order valence-corrected chi connectivity index (χ1v) is 12.3. The van der Waals surface area contributed by atoms with Crippen molar-refractivity contribution in [3.8, 4) is 0 Å². The van der Waals surface area contributed by atoms with Crippen molar-refractivity contribution in [1.29, 1.82) is 0 Å². The third-order valence-corrected chi connectivity index (χ3v) is 6.46. The first kappa shape index (κ1) is 26.9. The highest BCUT2D eigenvalue weighted by Gasteiger charge is 2.30. The molecule has 1 heterocycles. The van der Waals surface area contributed by atoms with E-state index in [4.69, 9.17) is 5.73 Å². The minimum atomic E-state index is -4.44. The van der Waals surface area contributed by atoms with Gasteiger partial charge < -0.3 is 21.7 Å². The monoisotopic (exact) mass is 522 g/mol. The normalized spacial score (nSPS) is 16.3. The van der Waals surface area contributed by atoms with E-state index in [2.05, 4.69) is 16.0 Å². The third-order valence-electron chi connectivity index (χ3n) is 6.46. The van der Waals surface area contributed by atoms with Crippen LogP contribution in [0, 0.1) is 0 Å². The maximum absolute atomic E-state index is 13.2. The molecule has 0 bridgehead atoms. The maximum atomic E-state index is 13.2. The van der Waals surface area contributed by atoms with Crippen LogP contribution in [0.5, 0.6) is 0 Å². The number of para-hydroxylation sites is 2. The molecular formula is C29H29F3N4O2. The van der Waals surface area contributed by atoms with Crippen LogP contribution in [0.4, 0.5) is 30.2 Å². The Morgan fingerprint density at radius 3 is 2.34 bits per heavy atom. The summed E-state index contributed by atoms with van der Waals surface area (Å²) in [6.45, 7) is 0.887. The zero-order chi connectivity index (χ0) is 27.1. The molecule has 0 saturated carbocycles. The quantitative estimate of drug-likeness (QED) is 0.222. The van der Waals surface area contributed by atoms with Gasteiger partial charge in [-0.2, -0.15) is 13.2 Å². The first-order valence-electron chi connectivity index (χ1n) is 12.3. The SMILES string of the molecule is Nc1ccccc1NC(=O)/C=C/c1ccc(C(CC2CCCN2)C(=O)Nc2ccc(C(F)(F)F)cc2)cc1. The number of benzene rings is 3. The van der Waals surface area contributed by atoms with Crippen LogP contribution in [0.25, 0.3) is 6.08 Å². The summed E-state index contributed by atoms with van der Waals surface area (Å²) in [4.78, 5) is 25.5. The van der Waals surface area contributed by atoms with E-state index in [9.17, 15) is 22.8 Å². The van der Waals surface area contributed by atoms with E-state index in [1.54, 1.807) is 30.3 Å². The largest absolute Gasteiger partial charge is 0.416 e. The minimum Gasteiger partial charge on any atom is -0.397 e. The molecule has 38 heavy (non-hydrogen) atoms. The molecule has 0 aromatic heterocycles. The fourth-order valence-corrected chi connectivity index (χ4v) is 4.41. The number of alkyl halides is 3. The van der Waals surface area contributed by atoms with Crippen LogP contribution in [-0.2, 0) is 15.8 Å². The molecule has 0 spiro atoms. The van der Waals surface area contributed by atoms with Crippen LogP contribution in [0.3, 0.4) is 0 Å². The summed E-state index contributed by atoms with van der Waals surface area (Å²) in [5.74, 6) is -1.12. The summed E-state index contributed by atoms with van der Waals surface area (Å²) < 4.78 is 38.6. The van der Waals surface area contributed by atoms with Gasteiger partial charge in [0, 0.05) is 17.8 Å². The standard InChI is InChI=1S/C29H29F3N4O2/c30-29(31,32)21-12-14-22(15-13-21)35-28(38)24(18-23-4-3-17-34-23)20-10-7-19(8-11-20)9-16-27(37)36-26-6-2-1-5-25(26)33/h1-2,5-16,23-24,34H,3-4,17-18,33H2,(H,35,38)(H,36,37)/b16-9+. The van der Waals surface area contributed by atoms with Gasteiger partial charge >= 0.3 is 6.18 Å². The first-order chi connectivity index (χ1) is 18.2. The van der Waals surface area contributed by atoms with Crippen molar-refractivity contribution in [1.82, 2.24) is 5.32 Å². The number of nitrogen functional groups attached to an aromatic ring is 1. The predicted molar refractivity (Wildman–Crippen MR) is 143 cm³/mol. The number of carbonyl (C=O) groups is 2. The Hall–Kier alpha value is -4.11. The molecule has 2 unspecified atom stereocenters. The van der Waals surface area contributed by atoms with Gasteiger partial charge in [0.15, 0.2) is 0 Å². The van der Waals surface area contributed by atoms with E-state index in [0.29, 0.717) is 23.5 Å². The number of carbonyl (C=O) groups excluding carboxylic acids is 2. The Bertz CT molecular complexity index is 1280. The second-order valence-electron chi connectivity index (χ2n) is 9.22. The molecule has 1 saturated heterocycles. The van der Waals surface area contributed by atoms with Crippen LogP contribution in [0.1, 0.15) is 41.9 Å².